The molecule has 0 aromatic heterocycles. The Morgan fingerprint density at radius 3 is 2.92 bits per heavy atom. The van der Waals surface area contributed by atoms with E-state index in [1.807, 2.05) is 0 Å². The van der Waals surface area contributed by atoms with Crippen molar-refractivity contribution in [3.8, 4) is 0 Å². The second-order valence-corrected chi connectivity index (χ2v) is 3.35. The molecule has 0 radical (unpaired) electrons. The van der Waals surface area contributed by atoms with Crippen molar-refractivity contribution in [1.29, 1.82) is 0 Å². The summed E-state index contributed by atoms with van der Waals surface area (Å²) in [6.07, 6.45) is 3.68. The average molecular weight is 168 g/mol. The van der Waals surface area contributed by atoms with Crippen molar-refractivity contribution in [2.24, 2.45) is 5.92 Å². The Morgan fingerprint density at radius 1 is 1.67 bits per heavy atom. The van der Waals surface area contributed by atoms with Gasteiger partial charge in [0.05, 0.1) is 6.61 Å². The third-order valence-corrected chi connectivity index (χ3v) is 2.29. The van der Waals surface area contributed by atoms with Gasteiger partial charge in [-0.3, -0.25) is 4.79 Å². The maximum absolute atomic E-state index is 11.4. The summed E-state index contributed by atoms with van der Waals surface area (Å²) in [5.41, 5.74) is 0. The lowest BCUT2D eigenvalue weighted by molar-refractivity contribution is -0.127. The number of hydrogen-bond donors (Lipinski definition) is 1. The molecule has 1 unspecified atom stereocenters. The van der Waals surface area contributed by atoms with E-state index in [2.05, 4.69) is 0 Å². The largest absolute Gasteiger partial charge is 0.490 e. The van der Waals surface area contributed by atoms with Crippen molar-refractivity contribution >= 4 is 5.78 Å². The monoisotopic (exact) mass is 168 g/mol. The van der Waals surface area contributed by atoms with Gasteiger partial charge in [-0.25, -0.2) is 0 Å². The Labute approximate surface area is 71.0 Å². The van der Waals surface area contributed by atoms with E-state index in [0.29, 0.717) is 12.4 Å². The summed E-state index contributed by atoms with van der Waals surface area (Å²) in [4.78, 5) is 11.4. The highest BCUT2D eigenvalue weighted by Crippen LogP contribution is 2.34. The summed E-state index contributed by atoms with van der Waals surface area (Å²) in [5, 5.41) is 9.45. The number of rotatable bonds is 3. The summed E-state index contributed by atoms with van der Waals surface area (Å²) >= 11 is 0. The standard InChI is InChI=1S/C9H12O3/c10-8(6-3-4-6)9(11)7-2-1-5-12-7/h2,6,8,10H,1,3-5H2. The van der Waals surface area contributed by atoms with E-state index in [9.17, 15) is 9.90 Å². The smallest absolute Gasteiger partial charge is 0.225 e. The molecule has 3 nitrogen and oxygen atoms in total. The molecule has 1 atom stereocenters. The third-order valence-electron chi connectivity index (χ3n) is 2.29. The molecule has 12 heavy (non-hydrogen) atoms. The number of carbonyl (C=O) groups is 1. The SMILES string of the molecule is O=C(C1=CCCO1)C(O)C1CC1. The van der Waals surface area contributed by atoms with Crippen molar-refractivity contribution in [2.75, 3.05) is 6.61 Å². The third kappa shape index (κ3) is 1.37. The Morgan fingerprint density at radius 2 is 2.42 bits per heavy atom. The predicted molar refractivity (Wildman–Crippen MR) is 42.4 cm³/mol. The predicted octanol–water partition coefficient (Wildman–Crippen LogP) is 0.631. The van der Waals surface area contributed by atoms with Crippen LogP contribution in [0.1, 0.15) is 19.3 Å². The van der Waals surface area contributed by atoms with Gasteiger partial charge in [-0.2, -0.15) is 0 Å². The number of ether oxygens (including phenoxy) is 1. The lowest BCUT2D eigenvalue weighted by atomic mass is 10.1. The molecule has 0 amide bonds. The van der Waals surface area contributed by atoms with E-state index in [1.165, 1.54) is 0 Å². The van der Waals surface area contributed by atoms with Crippen molar-refractivity contribution in [2.45, 2.75) is 25.4 Å². The minimum Gasteiger partial charge on any atom is -0.490 e. The highest BCUT2D eigenvalue weighted by molar-refractivity contribution is 5.97. The van der Waals surface area contributed by atoms with E-state index in [0.717, 1.165) is 19.3 Å². The fourth-order valence-corrected chi connectivity index (χ4v) is 1.36. The van der Waals surface area contributed by atoms with Crippen LogP contribution in [0.15, 0.2) is 11.8 Å². The summed E-state index contributed by atoms with van der Waals surface area (Å²) < 4.78 is 5.07. The van der Waals surface area contributed by atoms with Crippen LogP contribution in [0.4, 0.5) is 0 Å². The van der Waals surface area contributed by atoms with Crippen LogP contribution in [-0.4, -0.2) is 23.6 Å². The Kier molecular flexibility index (Phi) is 1.89. The van der Waals surface area contributed by atoms with Crippen molar-refractivity contribution in [3.63, 3.8) is 0 Å². The zero-order valence-corrected chi connectivity index (χ0v) is 6.82. The fraction of sp³-hybridized carbons (Fsp3) is 0.667. The molecule has 1 heterocycles. The number of aliphatic hydroxyl groups excluding tert-OH is 1. The number of Topliss-reactive ketones (excluding diaryl/α,β-unsaturated/α-hetero) is 1. The van der Waals surface area contributed by atoms with Crippen LogP contribution in [0.3, 0.4) is 0 Å². The van der Waals surface area contributed by atoms with Crippen molar-refractivity contribution in [3.05, 3.63) is 11.8 Å². The Hall–Kier alpha value is -0.830. The van der Waals surface area contributed by atoms with Gasteiger partial charge in [0.2, 0.25) is 5.78 Å². The topological polar surface area (TPSA) is 46.5 Å². The van der Waals surface area contributed by atoms with Gasteiger partial charge in [0.15, 0.2) is 5.76 Å². The van der Waals surface area contributed by atoms with Gasteiger partial charge in [-0.15, -0.1) is 0 Å². The van der Waals surface area contributed by atoms with E-state index in [-0.39, 0.29) is 11.7 Å². The summed E-state index contributed by atoms with van der Waals surface area (Å²) in [5.74, 6) is 0.340. The molecule has 0 bridgehead atoms. The molecular weight excluding hydrogens is 156 g/mol. The van der Waals surface area contributed by atoms with E-state index >= 15 is 0 Å². The molecule has 0 spiro atoms. The minimum atomic E-state index is -0.811. The van der Waals surface area contributed by atoms with Crippen molar-refractivity contribution in [1.82, 2.24) is 0 Å². The van der Waals surface area contributed by atoms with Gasteiger partial charge in [0.1, 0.15) is 6.10 Å². The second kappa shape index (κ2) is 2.90. The van der Waals surface area contributed by atoms with Crippen molar-refractivity contribution < 1.29 is 14.6 Å². The maximum Gasteiger partial charge on any atom is 0.225 e. The van der Waals surface area contributed by atoms with E-state index in [1.54, 1.807) is 6.08 Å². The highest BCUT2D eigenvalue weighted by Gasteiger charge is 2.36. The first-order valence-electron chi connectivity index (χ1n) is 4.34. The normalized spacial score (nSPS) is 24.6. The molecule has 1 aliphatic carbocycles. The van der Waals surface area contributed by atoms with Crippen LogP contribution < -0.4 is 0 Å². The van der Waals surface area contributed by atoms with E-state index < -0.39 is 6.10 Å². The van der Waals surface area contributed by atoms with Crippen LogP contribution >= 0.6 is 0 Å². The zero-order chi connectivity index (χ0) is 8.55. The number of aliphatic hydroxyl groups is 1. The number of hydrogen-bond acceptors (Lipinski definition) is 3. The molecule has 0 aromatic rings. The van der Waals surface area contributed by atoms with Gasteiger partial charge in [-0.1, -0.05) is 0 Å². The quantitative estimate of drug-likeness (QED) is 0.672. The molecule has 2 rings (SSSR count). The first kappa shape index (κ1) is 7.80. The molecule has 1 saturated carbocycles. The molecule has 1 N–H and O–H groups in total. The zero-order valence-electron chi connectivity index (χ0n) is 6.82. The van der Waals surface area contributed by atoms with E-state index in [4.69, 9.17) is 4.74 Å². The van der Waals surface area contributed by atoms with Gasteiger partial charge < -0.3 is 9.84 Å². The Balaban J connectivity index is 1.97. The van der Waals surface area contributed by atoms with Crippen LogP contribution in [0.2, 0.25) is 0 Å². The van der Waals surface area contributed by atoms with Crippen LogP contribution in [0, 0.1) is 5.92 Å². The van der Waals surface area contributed by atoms with Crippen LogP contribution in [0.5, 0.6) is 0 Å². The summed E-state index contributed by atoms with van der Waals surface area (Å²) in [7, 11) is 0. The first-order valence-corrected chi connectivity index (χ1v) is 4.34. The second-order valence-electron chi connectivity index (χ2n) is 3.35. The number of ketones is 1. The minimum absolute atomic E-state index is 0.197. The fourth-order valence-electron chi connectivity index (χ4n) is 1.36. The molecule has 3 heteroatoms. The lowest BCUT2D eigenvalue weighted by Crippen LogP contribution is -2.24. The molecule has 66 valence electrons. The molecule has 0 aromatic carbocycles. The van der Waals surface area contributed by atoms with Gasteiger partial charge >= 0.3 is 0 Å². The molecule has 1 fully saturated rings. The molecule has 1 aliphatic heterocycles. The van der Waals surface area contributed by atoms with Crippen LogP contribution in [-0.2, 0) is 9.53 Å². The first-order chi connectivity index (χ1) is 5.79. The Bertz CT molecular complexity index is 228. The molecule has 2 aliphatic rings. The molecule has 0 saturated heterocycles. The average Bonchev–Trinajstić information content (AvgIpc) is 2.79. The van der Waals surface area contributed by atoms with Gasteiger partial charge in [-0.05, 0) is 24.8 Å². The van der Waals surface area contributed by atoms with Crippen LogP contribution in [0.25, 0.3) is 0 Å². The summed E-state index contributed by atoms with van der Waals surface area (Å²) in [6.45, 7) is 0.582. The van der Waals surface area contributed by atoms with Gasteiger partial charge in [0.25, 0.3) is 0 Å². The number of carbonyl (C=O) groups excluding carboxylic acids is 1. The molecular formula is C9H12O3. The van der Waals surface area contributed by atoms with Gasteiger partial charge in [0, 0.05) is 6.42 Å². The lowest BCUT2D eigenvalue weighted by Gasteiger charge is -2.08. The maximum atomic E-state index is 11.4. The summed E-state index contributed by atoms with van der Waals surface area (Å²) in [6, 6.07) is 0. The highest BCUT2D eigenvalue weighted by atomic mass is 16.5.